The minimum Gasteiger partial charge on any atom is -0.482 e. The zero-order chi connectivity index (χ0) is 15.2. The first-order valence-electron chi connectivity index (χ1n) is 5.50. The van der Waals surface area contributed by atoms with E-state index in [0.29, 0.717) is 0 Å². The Morgan fingerprint density at radius 2 is 1.85 bits per heavy atom. The molecule has 9 heteroatoms. The Morgan fingerprint density at radius 3 is 2.35 bits per heavy atom. The van der Waals surface area contributed by atoms with Crippen molar-refractivity contribution in [1.82, 2.24) is 10.0 Å². The van der Waals surface area contributed by atoms with Crippen molar-refractivity contribution < 1.29 is 27.9 Å². The maximum atomic E-state index is 11.8. The standard InChI is InChI=1S/C11H14N2O6S/c1-12-10(14)6-13-20(17,18)9-4-2-8(3-5-9)19-7-11(15)16/h2-5,13H,6-7H2,1H3,(H,12,14)(H,15,16). The first kappa shape index (κ1) is 15.9. The summed E-state index contributed by atoms with van der Waals surface area (Å²) in [5.41, 5.74) is 0. The van der Waals surface area contributed by atoms with E-state index in [1.54, 1.807) is 0 Å². The van der Waals surface area contributed by atoms with E-state index < -0.39 is 28.5 Å². The molecule has 0 aliphatic carbocycles. The number of carboxylic acids is 1. The van der Waals surface area contributed by atoms with E-state index in [-0.39, 0.29) is 17.2 Å². The van der Waals surface area contributed by atoms with Crippen LogP contribution in [0.5, 0.6) is 5.75 Å². The number of carbonyl (C=O) groups excluding carboxylic acids is 1. The van der Waals surface area contributed by atoms with E-state index in [0.717, 1.165) is 0 Å². The molecule has 20 heavy (non-hydrogen) atoms. The smallest absolute Gasteiger partial charge is 0.341 e. The van der Waals surface area contributed by atoms with E-state index in [4.69, 9.17) is 9.84 Å². The lowest BCUT2D eigenvalue weighted by Crippen LogP contribution is -2.35. The van der Waals surface area contributed by atoms with Gasteiger partial charge in [-0.3, -0.25) is 4.79 Å². The molecule has 0 saturated carbocycles. The number of benzene rings is 1. The first-order chi connectivity index (χ1) is 9.35. The molecule has 0 atom stereocenters. The number of carbonyl (C=O) groups is 2. The van der Waals surface area contributed by atoms with Gasteiger partial charge < -0.3 is 15.2 Å². The number of ether oxygens (including phenoxy) is 1. The van der Waals surface area contributed by atoms with Crippen LogP contribution in [-0.2, 0) is 19.6 Å². The van der Waals surface area contributed by atoms with Crippen molar-refractivity contribution in [2.45, 2.75) is 4.90 Å². The van der Waals surface area contributed by atoms with Gasteiger partial charge in [-0.1, -0.05) is 0 Å². The van der Waals surface area contributed by atoms with Gasteiger partial charge in [-0.05, 0) is 24.3 Å². The molecule has 0 heterocycles. The third-order valence-corrected chi connectivity index (χ3v) is 3.62. The normalized spacial score (nSPS) is 10.8. The maximum Gasteiger partial charge on any atom is 0.341 e. The number of nitrogens with one attached hydrogen (secondary N) is 2. The number of sulfonamides is 1. The van der Waals surface area contributed by atoms with Crippen LogP contribution >= 0.6 is 0 Å². The van der Waals surface area contributed by atoms with Crippen LogP contribution < -0.4 is 14.8 Å². The summed E-state index contributed by atoms with van der Waals surface area (Å²) in [6, 6.07) is 5.17. The van der Waals surface area contributed by atoms with Gasteiger partial charge in [0.2, 0.25) is 15.9 Å². The molecule has 0 aliphatic rings. The van der Waals surface area contributed by atoms with Gasteiger partial charge in [-0.2, -0.15) is 0 Å². The van der Waals surface area contributed by atoms with Crippen LogP contribution in [-0.4, -0.2) is 45.6 Å². The Bertz CT molecular complexity index is 581. The maximum absolute atomic E-state index is 11.8. The number of rotatable bonds is 7. The van der Waals surface area contributed by atoms with Gasteiger partial charge in [-0.25, -0.2) is 17.9 Å². The third-order valence-electron chi connectivity index (χ3n) is 2.20. The van der Waals surface area contributed by atoms with Gasteiger partial charge in [0.25, 0.3) is 0 Å². The molecule has 0 unspecified atom stereocenters. The molecule has 0 fully saturated rings. The lowest BCUT2D eigenvalue weighted by Gasteiger charge is -2.07. The molecule has 0 bridgehead atoms. The lowest BCUT2D eigenvalue weighted by molar-refractivity contribution is -0.139. The Labute approximate surface area is 115 Å². The highest BCUT2D eigenvalue weighted by atomic mass is 32.2. The molecule has 0 saturated heterocycles. The second kappa shape index (κ2) is 6.87. The van der Waals surface area contributed by atoms with E-state index in [1.807, 2.05) is 0 Å². The summed E-state index contributed by atoms with van der Waals surface area (Å²) >= 11 is 0. The summed E-state index contributed by atoms with van der Waals surface area (Å²) in [4.78, 5) is 21.2. The predicted octanol–water partition coefficient (Wildman–Crippen LogP) is -0.826. The number of amides is 1. The second-order valence-corrected chi connectivity index (χ2v) is 5.42. The topological polar surface area (TPSA) is 122 Å². The highest BCUT2D eigenvalue weighted by Crippen LogP contribution is 2.15. The highest BCUT2D eigenvalue weighted by molar-refractivity contribution is 7.89. The van der Waals surface area contributed by atoms with Crippen molar-refractivity contribution in [3.8, 4) is 5.75 Å². The van der Waals surface area contributed by atoms with Crippen LogP contribution in [0.25, 0.3) is 0 Å². The molecule has 110 valence electrons. The third kappa shape index (κ3) is 4.86. The summed E-state index contributed by atoms with van der Waals surface area (Å²) in [7, 11) is -2.40. The van der Waals surface area contributed by atoms with Crippen LogP contribution in [0.15, 0.2) is 29.2 Å². The number of hydrogen-bond acceptors (Lipinski definition) is 5. The number of hydrogen-bond donors (Lipinski definition) is 3. The van der Waals surface area contributed by atoms with Gasteiger partial charge in [0.05, 0.1) is 11.4 Å². The summed E-state index contributed by atoms with van der Waals surface area (Å²) in [6.07, 6.45) is 0. The van der Waals surface area contributed by atoms with Crippen molar-refractivity contribution in [2.75, 3.05) is 20.2 Å². The fourth-order valence-electron chi connectivity index (χ4n) is 1.19. The minimum absolute atomic E-state index is 0.0518. The van der Waals surface area contributed by atoms with Gasteiger partial charge in [0.15, 0.2) is 6.61 Å². The summed E-state index contributed by atoms with van der Waals surface area (Å²) in [5.74, 6) is -1.36. The van der Waals surface area contributed by atoms with E-state index in [9.17, 15) is 18.0 Å². The predicted molar refractivity (Wildman–Crippen MR) is 68.8 cm³/mol. The molecule has 3 N–H and O–H groups in total. The molecule has 0 radical (unpaired) electrons. The summed E-state index contributed by atoms with van der Waals surface area (Å²) in [5, 5.41) is 10.7. The fraction of sp³-hybridized carbons (Fsp3) is 0.273. The van der Waals surface area contributed by atoms with Gasteiger partial charge in [0.1, 0.15) is 5.75 Å². The zero-order valence-electron chi connectivity index (χ0n) is 10.6. The second-order valence-electron chi connectivity index (χ2n) is 3.65. The Hall–Kier alpha value is -2.13. The molecule has 1 aromatic rings. The zero-order valence-corrected chi connectivity index (χ0v) is 11.4. The minimum atomic E-state index is -3.80. The van der Waals surface area contributed by atoms with Gasteiger partial charge in [-0.15, -0.1) is 0 Å². The van der Waals surface area contributed by atoms with Gasteiger partial charge in [0, 0.05) is 7.05 Å². The van der Waals surface area contributed by atoms with Crippen molar-refractivity contribution in [3.05, 3.63) is 24.3 Å². The summed E-state index contributed by atoms with van der Waals surface area (Å²) in [6.45, 7) is -0.878. The molecule has 1 aromatic carbocycles. The number of carboxylic acid groups (broad SMARTS) is 1. The van der Waals surface area contributed by atoms with E-state index in [1.165, 1.54) is 31.3 Å². The highest BCUT2D eigenvalue weighted by Gasteiger charge is 2.15. The van der Waals surface area contributed by atoms with Crippen LogP contribution in [0.3, 0.4) is 0 Å². The average molecular weight is 302 g/mol. The van der Waals surface area contributed by atoms with Crippen LogP contribution in [0.4, 0.5) is 0 Å². The number of likely N-dealkylation sites (N-methyl/N-ethyl adjacent to an activating group) is 1. The average Bonchev–Trinajstić information content (AvgIpc) is 2.43. The van der Waals surface area contributed by atoms with Crippen LogP contribution in [0, 0.1) is 0 Å². The molecule has 8 nitrogen and oxygen atoms in total. The Balaban J connectivity index is 2.71. The van der Waals surface area contributed by atoms with Crippen LogP contribution in [0.2, 0.25) is 0 Å². The van der Waals surface area contributed by atoms with Crippen molar-refractivity contribution in [3.63, 3.8) is 0 Å². The molecule has 1 amide bonds. The molecular weight excluding hydrogens is 288 g/mol. The van der Waals surface area contributed by atoms with Crippen molar-refractivity contribution in [2.24, 2.45) is 0 Å². The SMILES string of the molecule is CNC(=O)CNS(=O)(=O)c1ccc(OCC(=O)O)cc1. The monoisotopic (exact) mass is 302 g/mol. The van der Waals surface area contributed by atoms with Crippen molar-refractivity contribution >= 4 is 21.9 Å². The van der Waals surface area contributed by atoms with E-state index in [2.05, 4.69) is 10.0 Å². The molecule has 0 aromatic heterocycles. The fourth-order valence-corrected chi connectivity index (χ4v) is 2.17. The molecular formula is C11H14N2O6S. The number of aliphatic carboxylic acids is 1. The van der Waals surface area contributed by atoms with Gasteiger partial charge >= 0.3 is 5.97 Å². The Morgan fingerprint density at radius 1 is 1.25 bits per heavy atom. The first-order valence-corrected chi connectivity index (χ1v) is 6.98. The molecule has 0 spiro atoms. The summed E-state index contributed by atoms with van der Waals surface area (Å²) < 4.78 is 30.6. The van der Waals surface area contributed by atoms with E-state index >= 15 is 0 Å². The lowest BCUT2D eigenvalue weighted by atomic mass is 10.3. The molecule has 0 aliphatic heterocycles. The largest absolute Gasteiger partial charge is 0.482 e. The molecule has 1 rings (SSSR count). The van der Waals surface area contributed by atoms with Crippen LogP contribution in [0.1, 0.15) is 0 Å². The Kier molecular flexibility index (Phi) is 5.47. The van der Waals surface area contributed by atoms with Crippen molar-refractivity contribution in [1.29, 1.82) is 0 Å². The quantitative estimate of drug-likeness (QED) is 0.604.